The van der Waals surface area contributed by atoms with Gasteiger partial charge in [-0.05, 0) is 31.0 Å². The smallest absolute Gasteiger partial charge is 0.0487 e. The molecule has 0 unspecified atom stereocenters. The summed E-state index contributed by atoms with van der Waals surface area (Å²) in [5.74, 6) is 0. The van der Waals surface area contributed by atoms with Crippen molar-refractivity contribution >= 4 is 0 Å². The highest BCUT2D eigenvalue weighted by Gasteiger charge is 1.83. The van der Waals surface area contributed by atoms with Gasteiger partial charge in [-0.25, -0.2) is 0 Å². The van der Waals surface area contributed by atoms with Gasteiger partial charge >= 0.3 is 0 Å². The summed E-state index contributed by atoms with van der Waals surface area (Å²) >= 11 is 0. The Labute approximate surface area is 78.6 Å². The van der Waals surface area contributed by atoms with Crippen LogP contribution in [-0.2, 0) is 0 Å². The van der Waals surface area contributed by atoms with Crippen LogP contribution in [0.25, 0.3) is 0 Å². The zero-order valence-corrected chi connectivity index (χ0v) is 7.99. The Balaban J connectivity index is 0.000000145. The van der Waals surface area contributed by atoms with Crippen molar-refractivity contribution in [1.82, 2.24) is 10.2 Å². The number of nitrogens with zero attached hydrogens (tertiary/aromatic N) is 1. The fourth-order valence-electron chi connectivity index (χ4n) is 0.878. The fraction of sp³-hybridized carbons (Fsp3) is 0.182. The molecule has 0 aliphatic carbocycles. The minimum absolute atomic E-state index is 1.37. The predicted molar refractivity (Wildman–Crippen MR) is 54.5 cm³/mol. The normalized spacial score (nSPS) is 8.77. The molecule has 0 aliphatic rings. The van der Waals surface area contributed by atoms with E-state index >= 15 is 0 Å². The van der Waals surface area contributed by atoms with Gasteiger partial charge in [0, 0.05) is 12.4 Å². The molecular formula is C11H14N2. The molecule has 68 valence electrons. The Morgan fingerprint density at radius 3 is 1.85 bits per heavy atom. The van der Waals surface area contributed by atoms with Crippen LogP contribution in [0.2, 0.25) is 0 Å². The molecule has 13 heavy (non-hydrogen) atoms. The van der Waals surface area contributed by atoms with Crippen molar-refractivity contribution in [3.8, 4) is 0 Å². The van der Waals surface area contributed by atoms with Crippen molar-refractivity contribution in [1.29, 1.82) is 0 Å². The predicted octanol–water partition coefficient (Wildman–Crippen LogP) is 2.71. The summed E-state index contributed by atoms with van der Waals surface area (Å²) in [4.78, 5) is 0. The highest BCUT2D eigenvalue weighted by Crippen LogP contribution is 2.02. The second kappa shape index (κ2) is 5.14. The molecule has 1 N–H and O–H groups in total. The minimum Gasteiger partial charge on any atom is -0.286 e. The Morgan fingerprint density at radius 2 is 1.62 bits per heavy atom. The lowest BCUT2D eigenvalue weighted by Gasteiger charge is -1.93. The monoisotopic (exact) mass is 174 g/mol. The van der Waals surface area contributed by atoms with E-state index in [1.165, 1.54) is 11.1 Å². The standard InChI is InChI=1S/C8H10.C3H4N2/c1-7-5-3-4-6-8(7)2;1-2-4-5-3-1/h3-6H,1-2H3;1-3H,(H,4,5). The van der Waals surface area contributed by atoms with Gasteiger partial charge in [0.2, 0.25) is 0 Å². The average Bonchev–Trinajstić information content (AvgIpc) is 2.68. The molecule has 0 fully saturated rings. The van der Waals surface area contributed by atoms with Crippen LogP contribution in [0.1, 0.15) is 11.1 Å². The number of nitrogens with one attached hydrogen (secondary N) is 1. The molecule has 1 heterocycles. The van der Waals surface area contributed by atoms with Crippen LogP contribution in [-0.4, -0.2) is 10.2 Å². The van der Waals surface area contributed by atoms with E-state index in [-0.39, 0.29) is 0 Å². The summed E-state index contributed by atoms with van der Waals surface area (Å²) in [6.07, 6.45) is 3.46. The number of H-pyrrole nitrogens is 1. The van der Waals surface area contributed by atoms with Crippen molar-refractivity contribution in [2.45, 2.75) is 13.8 Å². The first kappa shape index (κ1) is 9.52. The van der Waals surface area contributed by atoms with E-state index in [2.05, 4.69) is 48.3 Å². The van der Waals surface area contributed by atoms with Gasteiger partial charge in [-0.1, -0.05) is 24.3 Å². The van der Waals surface area contributed by atoms with Crippen molar-refractivity contribution in [2.24, 2.45) is 0 Å². The maximum Gasteiger partial charge on any atom is 0.0487 e. The van der Waals surface area contributed by atoms with E-state index in [9.17, 15) is 0 Å². The number of hydrogen-bond acceptors (Lipinski definition) is 1. The quantitative estimate of drug-likeness (QED) is 0.653. The highest BCUT2D eigenvalue weighted by molar-refractivity contribution is 5.23. The third-order valence-electron chi connectivity index (χ3n) is 1.83. The van der Waals surface area contributed by atoms with Gasteiger partial charge < -0.3 is 0 Å². The Kier molecular flexibility index (Phi) is 3.76. The van der Waals surface area contributed by atoms with E-state index in [0.29, 0.717) is 0 Å². The van der Waals surface area contributed by atoms with Gasteiger partial charge in [0.25, 0.3) is 0 Å². The van der Waals surface area contributed by atoms with Crippen LogP contribution in [0.3, 0.4) is 0 Å². The first-order valence-corrected chi connectivity index (χ1v) is 4.26. The van der Waals surface area contributed by atoms with Crippen molar-refractivity contribution in [3.05, 3.63) is 53.9 Å². The van der Waals surface area contributed by atoms with E-state index in [4.69, 9.17) is 0 Å². The van der Waals surface area contributed by atoms with Gasteiger partial charge in [-0.15, -0.1) is 0 Å². The number of benzene rings is 1. The van der Waals surface area contributed by atoms with E-state index in [0.717, 1.165) is 0 Å². The molecule has 1 aromatic carbocycles. The van der Waals surface area contributed by atoms with Gasteiger partial charge in [-0.3, -0.25) is 5.10 Å². The average molecular weight is 174 g/mol. The number of aromatic amines is 1. The summed E-state index contributed by atoms with van der Waals surface area (Å²) in [5.41, 5.74) is 2.74. The molecule has 0 saturated carbocycles. The maximum absolute atomic E-state index is 3.60. The van der Waals surface area contributed by atoms with Gasteiger partial charge in [-0.2, -0.15) is 5.10 Å². The lowest BCUT2D eigenvalue weighted by molar-refractivity contribution is 1.09. The summed E-state index contributed by atoms with van der Waals surface area (Å²) in [6.45, 7) is 4.24. The molecule has 0 radical (unpaired) electrons. The highest BCUT2D eigenvalue weighted by atomic mass is 15.1. The van der Waals surface area contributed by atoms with Crippen molar-refractivity contribution in [2.75, 3.05) is 0 Å². The summed E-state index contributed by atoms with van der Waals surface area (Å²) < 4.78 is 0. The molecule has 0 spiro atoms. The summed E-state index contributed by atoms with van der Waals surface area (Å²) in [6, 6.07) is 10.2. The Bertz CT molecular complexity index is 287. The first-order valence-electron chi connectivity index (χ1n) is 4.26. The molecule has 0 aliphatic heterocycles. The topological polar surface area (TPSA) is 28.7 Å². The lowest BCUT2D eigenvalue weighted by atomic mass is 10.1. The molecule has 2 rings (SSSR count). The SMILES string of the molecule is Cc1ccccc1C.c1cn[nH]c1. The van der Waals surface area contributed by atoms with Crippen molar-refractivity contribution < 1.29 is 0 Å². The van der Waals surface area contributed by atoms with Gasteiger partial charge in [0.15, 0.2) is 0 Å². The number of aromatic nitrogens is 2. The van der Waals surface area contributed by atoms with E-state index in [1.54, 1.807) is 12.4 Å². The molecule has 2 aromatic rings. The second-order valence-corrected chi connectivity index (χ2v) is 2.85. The molecule has 0 bridgehead atoms. The lowest BCUT2D eigenvalue weighted by Crippen LogP contribution is -1.74. The molecule has 0 atom stereocenters. The zero-order valence-electron chi connectivity index (χ0n) is 7.99. The molecule has 2 heteroatoms. The summed E-state index contributed by atoms with van der Waals surface area (Å²) in [7, 11) is 0. The van der Waals surface area contributed by atoms with Gasteiger partial charge in [0.1, 0.15) is 0 Å². The largest absolute Gasteiger partial charge is 0.286 e. The van der Waals surface area contributed by atoms with Crippen LogP contribution < -0.4 is 0 Å². The number of aryl methyl sites for hydroxylation is 2. The number of rotatable bonds is 0. The number of hydrogen-bond donors (Lipinski definition) is 1. The van der Waals surface area contributed by atoms with Crippen LogP contribution in [0.4, 0.5) is 0 Å². The molecule has 2 nitrogen and oxygen atoms in total. The van der Waals surface area contributed by atoms with Crippen LogP contribution in [0, 0.1) is 13.8 Å². The fourth-order valence-corrected chi connectivity index (χ4v) is 0.878. The molecule has 1 aromatic heterocycles. The maximum atomic E-state index is 3.60. The molecular weight excluding hydrogens is 160 g/mol. The van der Waals surface area contributed by atoms with E-state index < -0.39 is 0 Å². The minimum atomic E-state index is 1.37. The van der Waals surface area contributed by atoms with Crippen molar-refractivity contribution in [3.63, 3.8) is 0 Å². The third kappa shape index (κ3) is 3.56. The van der Waals surface area contributed by atoms with Crippen LogP contribution in [0.15, 0.2) is 42.7 Å². The Morgan fingerprint density at radius 1 is 1.00 bits per heavy atom. The van der Waals surface area contributed by atoms with Gasteiger partial charge in [0.05, 0.1) is 0 Å². The molecule has 0 saturated heterocycles. The third-order valence-corrected chi connectivity index (χ3v) is 1.83. The van der Waals surface area contributed by atoms with E-state index in [1.807, 2.05) is 6.07 Å². The van der Waals surface area contributed by atoms with Crippen LogP contribution in [0.5, 0.6) is 0 Å². The van der Waals surface area contributed by atoms with Crippen LogP contribution >= 0.6 is 0 Å². The second-order valence-electron chi connectivity index (χ2n) is 2.85. The Hall–Kier alpha value is -1.57. The first-order chi connectivity index (χ1) is 6.30. The summed E-state index contributed by atoms with van der Waals surface area (Å²) in [5, 5.41) is 6.21. The molecule has 0 amide bonds. The zero-order chi connectivity index (χ0) is 9.52.